The summed E-state index contributed by atoms with van der Waals surface area (Å²) in [6, 6.07) is 29.8. The summed E-state index contributed by atoms with van der Waals surface area (Å²) in [7, 11) is -2.79. The van der Waals surface area contributed by atoms with Crippen molar-refractivity contribution in [3.05, 3.63) is 125 Å². The van der Waals surface area contributed by atoms with Crippen LogP contribution in [-0.4, -0.2) is 50.9 Å². The van der Waals surface area contributed by atoms with Gasteiger partial charge in [-0.3, -0.25) is 13.9 Å². The molecular formula is C34H36ClN3O5S. The number of para-hydroxylation sites is 2. The molecule has 0 saturated heterocycles. The summed E-state index contributed by atoms with van der Waals surface area (Å²) in [5, 5.41) is 3.48. The highest BCUT2D eigenvalue weighted by Crippen LogP contribution is 2.32. The first kappa shape index (κ1) is 32.6. The number of anilines is 1. The Bertz CT molecular complexity index is 1650. The Kier molecular flexibility index (Phi) is 11.0. The maximum Gasteiger partial charge on any atom is 0.264 e. The van der Waals surface area contributed by atoms with Crippen molar-refractivity contribution in [3.8, 4) is 5.75 Å². The highest BCUT2D eigenvalue weighted by molar-refractivity contribution is 7.92. The van der Waals surface area contributed by atoms with Crippen molar-refractivity contribution in [2.45, 2.75) is 43.8 Å². The predicted molar refractivity (Wildman–Crippen MR) is 173 cm³/mol. The van der Waals surface area contributed by atoms with Gasteiger partial charge in [0.1, 0.15) is 18.3 Å². The highest BCUT2D eigenvalue weighted by Gasteiger charge is 2.35. The third-order valence-electron chi connectivity index (χ3n) is 6.93. The van der Waals surface area contributed by atoms with Crippen molar-refractivity contribution in [3.63, 3.8) is 0 Å². The molecule has 10 heteroatoms. The fourth-order valence-corrected chi connectivity index (χ4v) is 6.36. The van der Waals surface area contributed by atoms with Gasteiger partial charge in [0.25, 0.3) is 10.0 Å². The van der Waals surface area contributed by atoms with Gasteiger partial charge in [-0.2, -0.15) is 0 Å². The van der Waals surface area contributed by atoms with Gasteiger partial charge in [0.15, 0.2) is 0 Å². The number of hydrogen-bond acceptors (Lipinski definition) is 5. The minimum atomic E-state index is -4.23. The Hall–Kier alpha value is -4.34. The fourth-order valence-electron chi connectivity index (χ4n) is 4.79. The van der Waals surface area contributed by atoms with E-state index in [0.717, 1.165) is 15.4 Å². The number of ether oxygens (including phenoxy) is 1. The zero-order valence-corrected chi connectivity index (χ0v) is 26.5. The zero-order chi connectivity index (χ0) is 31.7. The lowest BCUT2D eigenvalue weighted by Crippen LogP contribution is -2.54. The number of halogens is 1. The van der Waals surface area contributed by atoms with Crippen LogP contribution in [0.2, 0.25) is 5.02 Å². The van der Waals surface area contributed by atoms with Gasteiger partial charge in [-0.05, 0) is 61.4 Å². The lowest BCUT2D eigenvalue weighted by atomic mass is 10.0. The van der Waals surface area contributed by atoms with Gasteiger partial charge in [-0.15, -0.1) is 0 Å². The van der Waals surface area contributed by atoms with Crippen LogP contribution in [-0.2, 0) is 32.6 Å². The molecule has 2 amide bonds. The van der Waals surface area contributed by atoms with Gasteiger partial charge in [-0.25, -0.2) is 8.42 Å². The minimum absolute atomic E-state index is 0.0151. The van der Waals surface area contributed by atoms with Crippen molar-refractivity contribution in [2.75, 3.05) is 18.0 Å². The van der Waals surface area contributed by atoms with E-state index < -0.39 is 28.5 Å². The standard InChI is InChI=1S/C34H36ClN3O5S/c1-25(2)36-34(40)31(22-26-12-6-4-7-13-26)37(23-27-18-20-28(35)21-19-27)33(39)24-38(30-16-10-11-17-32(30)43-3)44(41,42)29-14-8-5-9-15-29/h4-21,25,31H,22-24H2,1-3H3,(H,36,40)/t31-/m0/s1. The SMILES string of the molecule is COc1ccccc1N(CC(=O)N(Cc1ccc(Cl)cc1)[C@@H](Cc1ccccc1)C(=O)NC(C)C)S(=O)(=O)c1ccccc1. The molecule has 0 aliphatic rings. The molecule has 0 aliphatic heterocycles. The monoisotopic (exact) mass is 633 g/mol. The van der Waals surface area contributed by atoms with E-state index in [1.807, 2.05) is 44.2 Å². The zero-order valence-electron chi connectivity index (χ0n) is 24.9. The van der Waals surface area contributed by atoms with Gasteiger partial charge in [0, 0.05) is 24.0 Å². The Morgan fingerprint density at radius 2 is 1.41 bits per heavy atom. The second-order valence-electron chi connectivity index (χ2n) is 10.5. The predicted octanol–water partition coefficient (Wildman–Crippen LogP) is 5.71. The average Bonchev–Trinajstić information content (AvgIpc) is 3.02. The molecule has 0 unspecified atom stereocenters. The van der Waals surface area contributed by atoms with Crippen molar-refractivity contribution in [1.82, 2.24) is 10.2 Å². The Morgan fingerprint density at radius 1 is 0.818 bits per heavy atom. The fraction of sp³-hybridized carbons (Fsp3) is 0.235. The third kappa shape index (κ3) is 8.18. The number of carbonyl (C=O) groups is 2. The largest absolute Gasteiger partial charge is 0.495 e. The van der Waals surface area contributed by atoms with Crippen LogP contribution >= 0.6 is 11.6 Å². The van der Waals surface area contributed by atoms with Gasteiger partial charge in [0.05, 0.1) is 17.7 Å². The molecule has 0 bridgehead atoms. The number of nitrogens with one attached hydrogen (secondary N) is 1. The van der Waals surface area contributed by atoms with Crippen LogP contribution in [0, 0.1) is 0 Å². The molecule has 1 N–H and O–H groups in total. The maximum atomic E-state index is 14.5. The molecule has 0 saturated carbocycles. The number of nitrogens with zero attached hydrogens (tertiary/aromatic N) is 2. The third-order valence-corrected chi connectivity index (χ3v) is 8.96. The van der Waals surface area contributed by atoms with Crippen molar-refractivity contribution >= 4 is 39.1 Å². The van der Waals surface area contributed by atoms with E-state index in [1.54, 1.807) is 66.7 Å². The van der Waals surface area contributed by atoms with E-state index >= 15 is 0 Å². The minimum Gasteiger partial charge on any atom is -0.495 e. The van der Waals surface area contributed by atoms with Crippen LogP contribution in [0.15, 0.2) is 114 Å². The van der Waals surface area contributed by atoms with Gasteiger partial charge in [-0.1, -0.05) is 84.4 Å². The van der Waals surface area contributed by atoms with E-state index in [2.05, 4.69) is 5.32 Å². The quantitative estimate of drug-likeness (QED) is 0.204. The van der Waals surface area contributed by atoms with Crippen LogP contribution in [0.1, 0.15) is 25.0 Å². The summed E-state index contributed by atoms with van der Waals surface area (Å²) in [5.41, 5.74) is 1.78. The Balaban J connectivity index is 1.82. The molecule has 0 spiro atoms. The molecule has 0 aromatic heterocycles. The topological polar surface area (TPSA) is 96.0 Å². The molecule has 0 fully saturated rings. The van der Waals surface area contributed by atoms with Gasteiger partial charge < -0.3 is 15.0 Å². The second-order valence-corrected chi connectivity index (χ2v) is 12.8. The molecule has 4 aromatic carbocycles. The van der Waals surface area contributed by atoms with Crippen LogP contribution in [0.5, 0.6) is 5.75 Å². The maximum absolute atomic E-state index is 14.5. The van der Waals surface area contributed by atoms with Crippen molar-refractivity contribution in [2.24, 2.45) is 0 Å². The van der Waals surface area contributed by atoms with E-state index in [1.165, 1.54) is 24.1 Å². The van der Waals surface area contributed by atoms with Gasteiger partial charge in [0.2, 0.25) is 11.8 Å². The molecule has 4 aromatic rings. The number of hydrogen-bond donors (Lipinski definition) is 1. The first-order valence-corrected chi connectivity index (χ1v) is 16.0. The number of rotatable bonds is 13. The summed E-state index contributed by atoms with van der Waals surface area (Å²) in [4.78, 5) is 29.7. The summed E-state index contributed by atoms with van der Waals surface area (Å²) in [6.07, 6.45) is 0.221. The summed E-state index contributed by atoms with van der Waals surface area (Å²) >= 11 is 6.13. The molecule has 0 aliphatic carbocycles. The van der Waals surface area contributed by atoms with E-state index in [0.29, 0.717) is 5.02 Å². The van der Waals surface area contributed by atoms with E-state index in [-0.39, 0.29) is 41.2 Å². The lowest BCUT2D eigenvalue weighted by Gasteiger charge is -2.34. The van der Waals surface area contributed by atoms with Crippen LogP contribution in [0.25, 0.3) is 0 Å². The first-order valence-electron chi connectivity index (χ1n) is 14.2. The number of amides is 2. The smallest absolute Gasteiger partial charge is 0.264 e. The molecule has 1 atom stereocenters. The van der Waals surface area contributed by atoms with Crippen molar-refractivity contribution in [1.29, 1.82) is 0 Å². The second kappa shape index (κ2) is 14.9. The highest BCUT2D eigenvalue weighted by atomic mass is 35.5. The Labute approximate surface area is 264 Å². The lowest BCUT2D eigenvalue weighted by molar-refractivity contribution is -0.140. The van der Waals surface area contributed by atoms with Crippen molar-refractivity contribution < 1.29 is 22.7 Å². The summed E-state index contributed by atoms with van der Waals surface area (Å²) in [6.45, 7) is 3.16. The normalized spacial score (nSPS) is 11.9. The summed E-state index contributed by atoms with van der Waals surface area (Å²) < 4.78 is 34.7. The van der Waals surface area contributed by atoms with E-state index in [4.69, 9.17) is 16.3 Å². The molecular weight excluding hydrogens is 598 g/mol. The summed E-state index contributed by atoms with van der Waals surface area (Å²) in [5.74, 6) is -0.631. The first-order chi connectivity index (χ1) is 21.1. The number of sulfonamides is 1. The number of methoxy groups -OCH3 is 1. The molecule has 230 valence electrons. The Morgan fingerprint density at radius 3 is 2.02 bits per heavy atom. The van der Waals surface area contributed by atoms with Crippen LogP contribution in [0.3, 0.4) is 0 Å². The number of carbonyl (C=O) groups excluding carboxylic acids is 2. The van der Waals surface area contributed by atoms with Crippen LogP contribution in [0.4, 0.5) is 5.69 Å². The molecule has 4 rings (SSSR count). The molecule has 44 heavy (non-hydrogen) atoms. The van der Waals surface area contributed by atoms with Gasteiger partial charge >= 0.3 is 0 Å². The molecule has 8 nitrogen and oxygen atoms in total. The number of benzene rings is 4. The average molecular weight is 634 g/mol. The van der Waals surface area contributed by atoms with E-state index in [9.17, 15) is 18.0 Å². The molecule has 0 heterocycles. The van der Waals surface area contributed by atoms with Crippen LogP contribution < -0.4 is 14.4 Å². The molecule has 0 radical (unpaired) electrons.